The number of hydrogen-bond acceptors (Lipinski definition) is 5. The fraction of sp³-hybridized carbons (Fsp3) is 0.286. The maximum Gasteiger partial charge on any atom is 0.123 e. The first-order valence-corrected chi connectivity index (χ1v) is 11.4. The molecule has 2 N–H and O–H groups in total. The monoisotopic (exact) mass is 445 g/mol. The quantitative estimate of drug-likeness (QED) is 0.361. The van der Waals surface area contributed by atoms with Gasteiger partial charge in [-0.15, -0.1) is 0 Å². The van der Waals surface area contributed by atoms with E-state index >= 15 is 0 Å². The van der Waals surface area contributed by atoms with Gasteiger partial charge < -0.3 is 19.7 Å². The highest BCUT2D eigenvalue weighted by molar-refractivity contribution is 5.91. The van der Waals surface area contributed by atoms with Gasteiger partial charge in [0.2, 0.25) is 0 Å². The molecule has 4 aromatic carbocycles. The zero-order chi connectivity index (χ0) is 23.0. The molecule has 0 atom stereocenters. The van der Waals surface area contributed by atoms with E-state index in [1.54, 1.807) is 7.11 Å². The standard InChI is InChI=1S/C28H31NO4/c1-32-27-12-10-21-6-2-4-8-23(21)25(27)20-26-24-9-5-3-7-22(24)11-13-28(26)33-19-16-29(14-17-30)15-18-31/h2-13,30-31H,14-20H2,1H3. The Bertz CT molecular complexity index is 1200. The van der Waals surface area contributed by atoms with Crippen molar-refractivity contribution in [2.24, 2.45) is 0 Å². The van der Waals surface area contributed by atoms with Crippen LogP contribution >= 0.6 is 0 Å². The molecule has 0 aromatic heterocycles. The van der Waals surface area contributed by atoms with Crippen LogP contribution in [-0.4, -0.2) is 61.7 Å². The van der Waals surface area contributed by atoms with Gasteiger partial charge in [-0.2, -0.15) is 0 Å². The summed E-state index contributed by atoms with van der Waals surface area (Å²) in [6.07, 6.45) is 0.679. The van der Waals surface area contributed by atoms with Crippen LogP contribution < -0.4 is 9.47 Å². The minimum Gasteiger partial charge on any atom is -0.496 e. The van der Waals surface area contributed by atoms with Crippen LogP contribution in [0.25, 0.3) is 21.5 Å². The molecule has 5 nitrogen and oxygen atoms in total. The SMILES string of the molecule is COc1ccc2ccccc2c1Cc1c(OCCN(CCO)CCO)ccc2ccccc12. The van der Waals surface area contributed by atoms with E-state index in [2.05, 4.69) is 54.6 Å². The van der Waals surface area contributed by atoms with Gasteiger partial charge in [-0.1, -0.05) is 60.7 Å². The average molecular weight is 446 g/mol. The van der Waals surface area contributed by atoms with Crippen molar-refractivity contribution < 1.29 is 19.7 Å². The summed E-state index contributed by atoms with van der Waals surface area (Å²) >= 11 is 0. The van der Waals surface area contributed by atoms with Gasteiger partial charge in [-0.25, -0.2) is 0 Å². The number of rotatable bonds is 11. The molecule has 33 heavy (non-hydrogen) atoms. The van der Waals surface area contributed by atoms with E-state index in [4.69, 9.17) is 9.47 Å². The second-order valence-corrected chi connectivity index (χ2v) is 8.04. The third-order valence-corrected chi connectivity index (χ3v) is 6.07. The second kappa shape index (κ2) is 11.1. The zero-order valence-corrected chi connectivity index (χ0v) is 19.0. The molecule has 0 aliphatic carbocycles. The normalized spacial score (nSPS) is 11.4. The van der Waals surface area contributed by atoms with E-state index in [-0.39, 0.29) is 13.2 Å². The lowest BCUT2D eigenvalue weighted by Gasteiger charge is -2.21. The lowest BCUT2D eigenvalue weighted by atomic mass is 9.93. The van der Waals surface area contributed by atoms with E-state index in [0.717, 1.165) is 28.0 Å². The first kappa shape index (κ1) is 23.1. The van der Waals surface area contributed by atoms with Crippen LogP contribution in [0.4, 0.5) is 0 Å². The predicted molar refractivity (Wildman–Crippen MR) is 133 cm³/mol. The molecule has 0 heterocycles. The van der Waals surface area contributed by atoms with Crippen molar-refractivity contribution in [1.82, 2.24) is 4.90 Å². The predicted octanol–water partition coefficient (Wildman–Crippen LogP) is 4.26. The molecule has 5 heteroatoms. The Morgan fingerprint density at radius 3 is 1.79 bits per heavy atom. The molecule has 0 amide bonds. The van der Waals surface area contributed by atoms with Crippen molar-refractivity contribution in [3.63, 3.8) is 0 Å². The minimum absolute atomic E-state index is 0.0576. The summed E-state index contributed by atoms with van der Waals surface area (Å²) in [6.45, 7) is 2.25. The molecule has 172 valence electrons. The summed E-state index contributed by atoms with van der Waals surface area (Å²) < 4.78 is 12.0. The van der Waals surface area contributed by atoms with Crippen molar-refractivity contribution in [1.29, 1.82) is 0 Å². The molecule has 4 aromatic rings. The van der Waals surface area contributed by atoms with Crippen molar-refractivity contribution >= 4 is 21.5 Å². The van der Waals surface area contributed by atoms with Crippen molar-refractivity contribution in [3.05, 3.63) is 83.9 Å². The van der Waals surface area contributed by atoms with Crippen LogP contribution in [0, 0.1) is 0 Å². The van der Waals surface area contributed by atoms with Gasteiger partial charge >= 0.3 is 0 Å². The third-order valence-electron chi connectivity index (χ3n) is 6.07. The molecule has 0 saturated heterocycles. The molecule has 0 unspecified atom stereocenters. The van der Waals surface area contributed by atoms with Crippen LogP contribution in [0.1, 0.15) is 11.1 Å². The Morgan fingerprint density at radius 2 is 1.21 bits per heavy atom. The molecule has 0 aliphatic heterocycles. The molecule has 0 saturated carbocycles. The largest absolute Gasteiger partial charge is 0.496 e. The summed E-state index contributed by atoms with van der Waals surface area (Å²) in [5.74, 6) is 1.71. The Morgan fingerprint density at radius 1 is 0.667 bits per heavy atom. The second-order valence-electron chi connectivity index (χ2n) is 8.04. The van der Waals surface area contributed by atoms with Gasteiger partial charge in [0.05, 0.1) is 20.3 Å². The van der Waals surface area contributed by atoms with Gasteiger partial charge in [-0.05, 0) is 33.7 Å². The number of methoxy groups -OCH3 is 1. The Labute approximate surface area is 194 Å². The summed E-state index contributed by atoms with van der Waals surface area (Å²) in [5, 5.41) is 23.2. The summed E-state index contributed by atoms with van der Waals surface area (Å²) in [4.78, 5) is 1.99. The highest BCUT2D eigenvalue weighted by Gasteiger charge is 2.15. The van der Waals surface area contributed by atoms with Crippen molar-refractivity contribution in [3.8, 4) is 11.5 Å². The lowest BCUT2D eigenvalue weighted by molar-refractivity contribution is 0.141. The van der Waals surface area contributed by atoms with Crippen LogP contribution in [0.15, 0.2) is 72.8 Å². The number of aliphatic hydroxyl groups is 2. The molecular formula is C28H31NO4. The number of aliphatic hydroxyl groups excluding tert-OH is 2. The van der Waals surface area contributed by atoms with E-state index in [1.165, 1.54) is 16.2 Å². The zero-order valence-electron chi connectivity index (χ0n) is 19.0. The van der Waals surface area contributed by atoms with Gasteiger partial charge in [0.25, 0.3) is 0 Å². The first-order chi connectivity index (χ1) is 16.2. The number of hydrogen-bond donors (Lipinski definition) is 2. The van der Waals surface area contributed by atoms with Gasteiger partial charge in [0.15, 0.2) is 0 Å². The topological polar surface area (TPSA) is 62.2 Å². The number of benzene rings is 4. The highest BCUT2D eigenvalue weighted by atomic mass is 16.5. The fourth-order valence-corrected chi connectivity index (χ4v) is 4.40. The third kappa shape index (κ3) is 5.28. The lowest BCUT2D eigenvalue weighted by Crippen LogP contribution is -2.33. The van der Waals surface area contributed by atoms with E-state index in [9.17, 15) is 10.2 Å². The molecule has 0 bridgehead atoms. The highest BCUT2D eigenvalue weighted by Crippen LogP contribution is 2.36. The molecule has 0 radical (unpaired) electrons. The van der Waals surface area contributed by atoms with Crippen LogP contribution in [0.3, 0.4) is 0 Å². The smallest absolute Gasteiger partial charge is 0.123 e. The Balaban J connectivity index is 1.70. The van der Waals surface area contributed by atoms with Crippen molar-refractivity contribution in [2.45, 2.75) is 6.42 Å². The maximum atomic E-state index is 9.27. The van der Waals surface area contributed by atoms with Crippen LogP contribution in [0.5, 0.6) is 11.5 Å². The number of ether oxygens (including phenoxy) is 2. The first-order valence-electron chi connectivity index (χ1n) is 11.4. The van der Waals surface area contributed by atoms with E-state index < -0.39 is 0 Å². The van der Waals surface area contributed by atoms with Gasteiger partial charge in [0.1, 0.15) is 18.1 Å². The van der Waals surface area contributed by atoms with Crippen LogP contribution in [0.2, 0.25) is 0 Å². The van der Waals surface area contributed by atoms with Gasteiger partial charge in [-0.3, -0.25) is 4.90 Å². The van der Waals surface area contributed by atoms with E-state index in [1.807, 2.05) is 23.1 Å². The molecule has 4 rings (SSSR count). The maximum absolute atomic E-state index is 9.27. The molecule has 0 spiro atoms. The number of nitrogens with zero attached hydrogens (tertiary/aromatic N) is 1. The minimum atomic E-state index is 0.0576. The molecule has 0 fully saturated rings. The average Bonchev–Trinajstić information content (AvgIpc) is 2.85. The van der Waals surface area contributed by atoms with Gasteiger partial charge in [0, 0.05) is 37.2 Å². The Hall–Kier alpha value is -3.12. The van der Waals surface area contributed by atoms with Crippen molar-refractivity contribution in [2.75, 3.05) is 46.6 Å². The number of fused-ring (bicyclic) bond motifs is 2. The fourth-order valence-electron chi connectivity index (χ4n) is 4.40. The van der Waals surface area contributed by atoms with Crippen LogP contribution in [-0.2, 0) is 6.42 Å². The summed E-state index contributed by atoms with van der Waals surface area (Å²) in [5.41, 5.74) is 2.26. The Kier molecular flexibility index (Phi) is 7.79. The van der Waals surface area contributed by atoms with E-state index in [0.29, 0.717) is 32.7 Å². The molecule has 0 aliphatic rings. The summed E-state index contributed by atoms with van der Waals surface area (Å²) in [6, 6.07) is 25.0. The summed E-state index contributed by atoms with van der Waals surface area (Å²) in [7, 11) is 1.71. The molecular weight excluding hydrogens is 414 g/mol.